The molecule has 0 heterocycles. The molecule has 0 aliphatic heterocycles. The van der Waals surface area contributed by atoms with E-state index in [-0.39, 0.29) is 6.54 Å². The Hall–Kier alpha value is -1.39. The Bertz CT molecular complexity index is 325. The van der Waals surface area contributed by atoms with Crippen LogP contribution in [-0.4, -0.2) is 24.7 Å². The number of methoxy groups -OCH3 is 1. The molecule has 0 spiro atoms. The lowest BCUT2D eigenvalue weighted by Crippen LogP contribution is -2.12. The van der Waals surface area contributed by atoms with Crippen LogP contribution in [0.1, 0.15) is 22.0 Å². The van der Waals surface area contributed by atoms with E-state index in [1.807, 2.05) is 0 Å². The summed E-state index contributed by atoms with van der Waals surface area (Å²) in [6.45, 7) is 0.130. The molecule has 1 atom stereocenters. The molecular formula is C10H13NO3. The average molecular weight is 195 g/mol. The zero-order chi connectivity index (χ0) is 10.6. The Labute approximate surface area is 82.3 Å². The number of hydrogen-bond donors (Lipinski definition) is 2. The van der Waals surface area contributed by atoms with E-state index in [1.165, 1.54) is 7.11 Å². The van der Waals surface area contributed by atoms with Crippen molar-refractivity contribution in [3.63, 3.8) is 0 Å². The summed E-state index contributed by atoms with van der Waals surface area (Å²) >= 11 is 0. The highest BCUT2D eigenvalue weighted by molar-refractivity contribution is 5.89. The van der Waals surface area contributed by atoms with E-state index in [9.17, 15) is 9.90 Å². The van der Waals surface area contributed by atoms with Crippen LogP contribution in [-0.2, 0) is 4.74 Å². The Morgan fingerprint density at radius 3 is 2.93 bits per heavy atom. The van der Waals surface area contributed by atoms with Gasteiger partial charge in [0.05, 0.1) is 18.8 Å². The highest BCUT2D eigenvalue weighted by Gasteiger charge is 2.09. The molecule has 0 aromatic heterocycles. The summed E-state index contributed by atoms with van der Waals surface area (Å²) < 4.78 is 4.55. The zero-order valence-corrected chi connectivity index (χ0v) is 7.93. The SMILES string of the molecule is COC(=O)c1cccc(C(O)CN)c1. The van der Waals surface area contributed by atoms with Gasteiger partial charge in [-0.3, -0.25) is 0 Å². The number of nitrogens with two attached hydrogens (primary N) is 1. The second-order valence-corrected chi connectivity index (χ2v) is 2.87. The Kier molecular flexibility index (Phi) is 3.62. The van der Waals surface area contributed by atoms with Crippen molar-refractivity contribution in [3.05, 3.63) is 35.4 Å². The standard InChI is InChI=1S/C10H13NO3/c1-14-10(13)8-4-2-3-7(5-8)9(12)6-11/h2-5,9,12H,6,11H2,1H3. The molecule has 0 fully saturated rings. The Balaban J connectivity index is 2.95. The Morgan fingerprint density at radius 1 is 1.64 bits per heavy atom. The average Bonchev–Trinajstić information content (AvgIpc) is 2.27. The molecule has 3 N–H and O–H groups in total. The fraction of sp³-hybridized carbons (Fsp3) is 0.300. The first-order chi connectivity index (χ1) is 6.69. The van der Waals surface area contributed by atoms with Crippen molar-refractivity contribution in [3.8, 4) is 0 Å². The maximum Gasteiger partial charge on any atom is 0.337 e. The van der Waals surface area contributed by atoms with E-state index in [1.54, 1.807) is 24.3 Å². The molecule has 4 heteroatoms. The summed E-state index contributed by atoms with van der Waals surface area (Å²) in [6, 6.07) is 6.59. The van der Waals surface area contributed by atoms with E-state index in [0.29, 0.717) is 11.1 Å². The lowest BCUT2D eigenvalue weighted by Gasteiger charge is -2.08. The van der Waals surface area contributed by atoms with E-state index < -0.39 is 12.1 Å². The smallest absolute Gasteiger partial charge is 0.337 e. The maximum absolute atomic E-state index is 11.1. The first-order valence-electron chi connectivity index (χ1n) is 4.25. The first kappa shape index (κ1) is 10.7. The van der Waals surface area contributed by atoms with Gasteiger partial charge in [-0.2, -0.15) is 0 Å². The van der Waals surface area contributed by atoms with Crippen LogP contribution in [0.5, 0.6) is 0 Å². The number of aliphatic hydroxyl groups is 1. The molecule has 0 aliphatic rings. The van der Waals surface area contributed by atoms with Gasteiger partial charge in [0.2, 0.25) is 0 Å². The number of hydrogen-bond acceptors (Lipinski definition) is 4. The zero-order valence-electron chi connectivity index (χ0n) is 7.93. The molecule has 0 bridgehead atoms. The van der Waals surface area contributed by atoms with Crippen molar-refractivity contribution in [2.45, 2.75) is 6.10 Å². The van der Waals surface area contributed by atoms with E-state index in [0.717, 1.165) is 0 Å². The number of aliphatic hydroxyl groups excluding tert-OH is 1. The van der Waals surface area contributed by atoms with Crippen LogP contribution < -0.4 is 5.73 Å². The van der Waals surface area contributed by atoms with Gasteiger partial charge < -0.3 is 15.6 Å². The van der Waals surface area contributed by atoms with Crippen LogP contribution in [0.15, 0.2) is 24.3 Å². The predicted octanol–water partition coefficient (Wildman–Crippen LogP) is 0.465. The van der Waals surface area contributed by atoms with Gasteiger partial charge in [-0.05, 0) is 17.7 Å². The lowest BCUT2D eigenvalue weighted by atomic mass is 10.1. The predicted molar refractivity (Wildman–Crippen MR) is 51.8 cm³/mol. The normalized spacial score (nSPS) is 12.2. The van der Waals surface area contributed by atoms with Crippen molar-refractivity contribution in [1.82, 2.24) is 0 Å². The summed E-state index contributed by atoms with van der Waals surface area (Å²) in [5.41, 5.74) is 6.33. The minimum absolute atomic E-state index is 0.130. The van der Waals surface area contributed by atoms with E-state index in [4.69, 9.17) is 5.73 Å². The molecule has 0 aliphatic carbocycles. The monoisotopic (exact) mass is 195 g/mol. The third-order valence-electron chi connectivity index (χ3n) is 1.92. The molecule has 0 saturated carbocycles. The molecule has 1 rings (SSSR count). The van der Waals surface area contributed by atoms with Gasteiger partial charge in [0.1, 0.15) is 0 Å². The highest BCUT2D eigenvalue weighted by Crippen LogP contribution is 2.13. The quantitative estimate of drug-likeness (QED) is 0.687. The van der Waals surface area contributed by atoms with Crippen molar-refractivity contribution >= 4 is 5.97 Å². The number of ether oxygens (including phenoxy) is 1. The third-order valence-corrected chi connectivity index (χ3v) is 1.92. The van der Waals surface area contributed by atoms with Gasteiger partial charge in [-0.1, -0.05) is 12.1 Å². The topological polar surface area (TPSA) is 72.5 Å². The van der Waals surface area contributed by atoms with Crippen LogP contribution in [0, 0.1) is 0 Å². The van der Waals surface area contributed by atoms with Gasteiger partial charge in [-0.15, -0.1) is 0 Å². The largest absolute Gasteiger partial charge is 0.465 e. The number of carbonyl (C=O) groups is 1. The van der Waals surface area contributed by atoms with E-state index >= 15 is 0 Å². The molecular weight excluding hydrogens is 182 g/mol. The van der Waals surface area contributed by atoms with Crippen LogP contribution in [0.3, 0.4) is 0 Å². The van der Waals surface area contributed by atoms with Crippen molar-refractivity contribution in [1.29, 1.82) is 0 Å². The van der Waals surface area contributed by atoms with Crippen LogP contribution in [0.25, 0.3) is 0 Å². The molecule has 0 amide bonds. The number of benzene rings is 1. The van der Waals surface area contributed by atoms with Crippen molar-refractivity contribution in [2.75, 3.05) is 13.7 Å². The van der Waals surface area contributed by atoms with Crippen LogP contribution in [0.4, 0.5) is 0 Å². The summed E-state index contributed by atoms with van der Waals surface area (Å²) in [5.74, 6) is -0.420. The minimum Gasteiger partial charge on any atom is -0.465 e. The molecule has 1 aromatic carbocycles. The minimum atomic E-state index is -0.736. The third kappa shape index (κ3) is 2.31. The van der Waals surface area contributed by atoms with Crippen molar-refractivity contribution < 1.29 is 14.6 Å². The van der Waals surface area contributed by atoms with Gasteiger partial charge in [0.25, 0.3) is 0 Å². The molecule has 0 saturated heterocycles. The first-order valence-corrected chi connectivity index (χ1v) is 4.25. The van der Waals surface area contributed by atoms with Gasteiger partial charge >= 0.3 is 5.97 Å². The summed E-state index contributed by atoms with van der Waals surface area (Å²) in [7, 11) is 1.31. The number of carbonyl (C=O) groups excluding carboxylic acids is 1. The van der Waals surface area contributed by atoms with Gasteiger partial charge in [-0.25, -0.2) is 4.79 Å². The van der Waals surface area contributed by atoms with Gasteiger partial charge in [0.15, 0.2) is 0 Å². The molecule has 1 aromatic rings. The summed E-state index contributed by atoms with van der Waals surface area (Å²) in [6.07, 6.45) is -0.736. The second-order valence-electron chi connectivity index (χ2n) is 2.87. The van der Waals surface area contributed by atoms with Crippen LogP contribution >= 0.6 is 0 Å². The molecule has 1 unspecified atom stereocenters. The van der Waals surface area contributed by atoms with Crippen LogP contribution in [0.2, 0.25) is 0 Å². The fourth-order valence-corrected chi connectivity index (χ4v) is 1.13. The van der Waals surface area contributed by atoms with Crippen molar-refractivity contribution in [2.24, 2.45) is 5.73 Å². The molecule has 76 valence electrons. The number of rotatable bonds is 3. The fourth-order valence-electron chi connectivity index (χ4n) is 1.13. The molecule has 4 nitrogen and oxygen atoms in total. The second kappa shape index (κ2) is 4.74. The summed E-state index contributed by atoms with van der Waals surface area (Å²) in [5, 5.41) is 9.43. The molecule has 14 heavy (non-hydrogen) atoms. The highest BCUT2D eigenvalue weighted by atomic mass is 16.5. The van der Waals surface area contributed by atoms with Gasteiger partial charge in [0, 0.05) is 6.54 Å². The number of esters is 1. The summed E-state index contributed by atoms with van der Waals surface area (Å²) in [4.78, 5) is 11.1. The van der Waals surface area contributed by atoms with E-state index in [2.05, 4.69) is 4.74 Å². The molecule has 0 radical (unpaired) electrons. The lowest BCUT2D eigenvalue weighted by molar-refractivity contribution is 0.0600. The Morgan fingerprint density at radius 2 is 2.36 bits per heavy atom. The maximum atomic E-state index is 11.1.